The molecule has 3 aromatic rings. The van der Waals surface area contributed by atoms with Gasteiger partial charge in [0.1, 0.15) is 6.04 Å². The standard InChI is InChI=1S/C27H26ClF3N4O3/c28-18-10-11-19(20(13-18)16-4-2-1-3-5-16)24(27(29,30)31)38-23-14-22(34-26(33)35-23)17-8-6-15(7-9-17)12-21(32)25(36)37/h1-5,8,10-11,13-15,21,24H,6-7,9,12,32H2,(H,36,37)(H2,33,34,35). The second kappa shape index (κ2) is 11.4. The lowest BCUT2D eigenvalue weighted by molar-refractivity contribution is -0.198. The molecule has 4 rings (SSSR count). The third kappa shape index (κ3) is 6.62. The highest BCUT2D eigenvalue weighted by atomic mass is 35.5. The first kappa shape index (κ1) is 27.4. The minimum atomic E-state index is -4.78. The quantitative estimate of drug-likeness (QED) is 0.314. The smallest absolute Gasteiger partial charge is 0.429 e. The van der Waals surface area contributed by atoms with Crippen molar-refractivity contribution in [2.24, 2.45) is 11.7 Å². The molecule has 0 aliphatic heterocycles. The number of nitrogens with zero attached hydrogens (tertiary/aromatic N) is 2. The van der Waals surface area contributed by atoms with E-state index >= 15 is 0 Å². The van der Waals surface area contributed by atoms with E-state index in [9.17, 15) is 18.0 Å². The van der Waals surface area contributed by atoms with Gasteiger partial charge in [-0.3, -0.25) is 4.79 Å². The van der Waals surface area contributed by atoms with Crippen molar-refractivity contribution in [2.45, 2.75) is 44.0 Å². The molecule has 0 spiro atoms. The molecule has 5 N–H and O–H groups in total. The fourth-order valence-corrected chi connectivity index (χ4v) is 4.69. The van der Waals surface area contributed by atoms with Crippen LogP contribution in [0.1, 0.15) is 43.0 Å². The van der Waals surface area contributed by atoms with E-state index in [1.54, 1.807) is 30.3 Å². The van der Waals surface area contributed by atoms with Crippen LogP contribution in [0.4, 0.5) is 19.1 Å². The third-order valence-corrected chi connectivity index (χ3v) is 6.63. The molecule has 1 heterocycles. The van der Waals surface area contributed by atoms with Crippen LogP contribution in [0.3, 0.4) is 0 Å². The van der Waals surface area contributed by atoms with Gasteiger partial charge in [0.25, 0.3) is 0 Å². The van der Waals surface area contributed by atoms with Crippen LogP contribution in [0.2, 0.25) is 5.02 Å². The summed E-state index contributed by atoms with van der Waals surface area (Å²) < 4.78 is 48.5. The van der Waals surface area contributed by atoms with Crippen LogP contribution in [-0.4, -0.2) is 33.3 Å². The molecule has 7 nitrogen and oxygen atoms in total. The van der Waals surface area contributed by atoms with E-state index in [0.29, 0.717) is 36.9 Å². The molecule has 0 saturated carbocycles. The van der Waals surface area contributed by atoms with Gasteiger partial charge in [-0.25, -0.2) is 4.98 Å². The Morgan fingerprint density at radius 1 is 1.16 bits per heavy atom. The summed E-state index contributed by atoms with van der Waals surface area (Å²) in [5.41, 5.74) is 13.3. The maximum Gasteiger partial charge on any atom is 0.429 e. The van der Waals surface area contributed by atoms with Gasteiger partial charge >= 0.3 is 12.1 Å². The molecule has 1 aliphatic carbocycles. The zero-order valence-electron chi connectivity index (χ0n) is 20.2. The van der Waals surface area contributed by atoms with Crippen LogP contribution in [-0.2, 0) is 4.79 Å². The highest BCUT2D eigenvalue weighted by Gasteiger charge is 2.44. The van der Waals surface area contributed by atoms with Gasteiger partial charge in [-0.15, -0.1) is 0 Å². The molecule has 2 aromatic carbocycles. The van der Waals surface area contributed by atoms with E-state index in [-0.39, 0.29) is 33.9 Å². The number of ether oxygens (including phenoxy) is 1. The number of rotatable bonds is 8. The number of carboxylic acids is 1. The van der Waals surface area contributed by atoms with E-state index in [1.165, 1.54) is 24.3 Å². The van der Waals surface area contributed by atoms with Crippen LogP contribution in [0.15, 0.2) is 60.7 Å². The molecule has 0 saturated heterocycles. The molecule has 1 aromatic heterocycles. The van der Waals surface area contributed by atoms with Crippen molar-refractivity contribution in [3.8, 4) is 17.0 Å². The van der Waals surface area contributed by atoms with Gasteiger partial charge in [0.2, 0.25) is 17.9 Å². The summed E-state index contributed by atoms with van der Waals surface area (Å²) in [4.78, 5) is 19.1. The van der Waals surface area contributed by atoms with E-state index in [4.69, 9.17) is 32.9 Å². The summed E-state index contributed by atoms with van der Waals surface area (Å²) >= 11 is 6.13. The molecule has 0 fully saturated rings. The van der Waals surface area contributed by atoms with Crippen LogP contribution >= 0.6 is 11.6 Å². The summed E-state index contributed by atoms with van der Waals surface area (Å²) in [7, 11) is 0. The number of hydrogen-bond acceptors (Lipinski definition) is 6. The Balaban J connectivity index is 1.63. The number of carboxylic acid groups (broad SMARTS) is 1. The lowest BCUT2D eigenvalue weighted by Gasteiger charge is -2.25. The average molecular weight is 547 g/mol. The monoisotopic (exact) mass is 546 g/mol. The third-order valence-electron chi connectivity index (χ3n) is 6.39. The Labute approximate surface area is 222 Å². The Morgan fingerprint density at radius 2 is 1.89 bits per heavy atom. The SMILES string of the molecule is Nc1nc(OC(c2ccc(Cl)cc2-c2ccccc2)C(F)(F)F)cc(C2=CCC(CC(N)C(=O)O)CC2)n1. The minimum Gasteiger partial charge on any atom is -0.480 e. The normalized spacial score (nSPS) is 17.4. The topological polar surface area (TPSA) is 124 Å². The number of aliphatic carboxylic acids is 1. The molecule has 3 atom stereocenters. The largest absolute Gasteiger partial charge is 0.480 e. The average Bonchev–Trinajstić information content (AvgIpc) is 2.87. The van der Waals surface area contributed by atoms with Gasteiger partial charge in [0, 0.05) is 16.7 Å². The molecule has 0 amide bonds. The predicted octanol–water partition coefficient (Wildman–Crippen LogP) is 6.05. The number of nitrogen functional groups attached to an aromatic ring is 1. The van der Waals surface area contributed by atoms with E-state index in [1.807, 2.05) is 6.08 Å². The van der Waals surface area contributed by atoms with Gasteiger partial charge in [0.05, 0.1) is 5.69 Å². The Hall–Kier alpha value is -3.63. The summed E-state index contributed by atoms with van der Waals surface area (Å²) in [5.74, 6) is -1.52. The maximum absolute atomic E-state index is 14.4. The Morgan fingerprint density at radius 3 is 2.53 bits per heavy atom. The first-order chi connectivity index (χ1) is 18.0. The minimum absolute atomic E-state index is 0.0793. The predicted molar refractivity (Wildman–Crippen MR) is 138 cm³/mol. The summed E-state index contributed by atoms with van der Waals surface area (Å²) in [5, 5.41) is 9.32. The molecule has 0 bridgehead atoms. The van der Waals surface area contributed by atoms with Crippen molar-refractivity contribution in [2.75, 3.05) is 5.73 Å². The van der Waals surface area contributed by atoms with Crippen molar-refractivity contribution in [3.63, 3.8) is 0 Å². The molecular formula is C27H26ClF3N4O3. The zero-order chi connectivity index (χ0) is 27.4. The zero-order valence-corrected chi connectivity index (χ0v) is 20.9. The first-order valence-electron chi connectivity index (χ1n) is 11.9. The fourth-order valence-electron chi connectivity index (χ4n) is 4.52. The lowest BCUT2D eigenvalue weighted by atomic mass is 9.84. The number of hydrogen-bond donors (Lipinski definition) is 3. The van der Waals surface area contributed by atoms with Crippen molar-refractivity contribution < 1.29 is 27.8 Å². The molecule has 1 aliphatic rings. The Kier molecular flexibility index (Phi) is 8.23. The second-order valence-corrected chi connectivity index (χ2v) is 9.57. The molecule has 200 valence electrons. The number of halogens is 4. The maximum atomic E-state index is 14.4. The molecule has 38 heavy (non-hydrogen) atoms. The first-order valence-corrected chi connectivity index (χ1v) is 12.3. The summed E-state index contributed by atoms with van der Waals surface area (Å²) in [6, 6.07) is 13.1. The number of benzene rings is 2. The number of anilines is 1. The highest BCUT2D eigenvalue weighted by molar-refractivity contribution is 6.30. The van der Waals surface area contributed by atoms with Crippen LogP contribution in [0.5, 0.6) is 5.88 Å². The van der Waals surface area contributed by atoms with Crippen LogP contribution < -0.4 is 16.2 Å². The van der Waals surface area contributed by atoms with Gasteiger partial charge < -0.3 is 21.3 Å². The van der Waals surface area contributed by atoms with E-state index in [2.05, 4.69) is 9.97 Å². The number of alkyl halides is 3. The number of carbonyl (C=O) groups is 1. The highest BCUT2D eigenvalue weighted by Crippen LogP contribution is 2.42. The second-order valence-electron chi connectivity index (χ2n) is 9.14. The van der Waals surface area contributed by atoms with Crippen molar-refractivity contribution >= 4 is 29.1 Å². The van der Waals surface area contributed by atoms with Gasteiger partial charge in [0.15, 0.2) is 0 Å². The lowest BCUT2D eigenvalue weighted by Crippen LogP contribution is -2.32. The fraction of sp³-hybridized carbons (Fsp3) is 0.296. The molecule has 0 radical (unpaired) electrons. The number of aromatic nitrogens is 2. The van der Waals surface area contributed by atoms with Gasteiger partial charge in [-0.2, -0.15) is 18.2 Å². The van der Waals surface area contributed by atoms with Crippen LogP contribution in [0.25, 0.3) is 16.7 Å². The summed E-state index contributed by atoms with van der Waals surface area (Å²) in [6.45, 7) is 0. The van der Waals surface area contributed by atoms with Crippen molar-refractivity contribution in [3.05, 3.63) is 77.0 Å². The number of nitrogens with two attached hydrogens (primary N) is 2. The van der Waals surface area contributed by atoms with E-state index in [0.717, 1.165) is 5.57 Å². The summed E-state index contributed by atoms with van der Waals surface area (Å²) in [6.07, 6.45) is -3.17. The Bertz CT molecular complexity index is 1330. The molecule has 11 heteroatoms. The van der Waals surface area contributed by atoms with Crippen LogP contribution in [0, 0.1) is 5.92 Å². The van der Waals surface area contributed by atoms with Crippen molar-refractivity contribution in [1.82, 2.24) is 9.97 Å². The molecular weight excluding hydrogens is 521 g/mol. The molecule has 3 unspecified atom stereocenters. The van der Waals surface area contributed by atoms with Gasteiger partial charge in [-0.1, -0.05) is 54.1 Å². The van der Waals surface area contributed by atoms with Crippen molar-refractivity contribution in [1.29, 1.82) is 0 Å². The van der Waals surface area contributed by atoms with Gasteiger partial charge in [-0.05, 0) is 60.4 Å². The number of allylic oxidation sites excluding steroid dienone is 2. The van der Waals surface area contributed by atoms with E-state index < -0.39 is 24.3 Å².